The first kappa shape index (κ1) is 17.9. The SMILES string of the molecule is CCC1CC(=O)NC2CC(NC(=O)c3cc4cccc(OC)c4o3)CCC12. The fourth-order valence-electron chi connectivity index (χ4n) is 4.72. The molecule has 1 aliphatic heterocycles. The Morgan fingerprint density at radius 1 is 1.37 bits per heavy atom. The van der Waals surface area contributed by atoms with Gasteiger partial charge in [0.15, 0.2) is 17.1 Å². The first-order valence-electron chi connectivity index (χ1n) is 9.75. The number of benzene rings is 1. The van der Waals surface area contributed by atoms with E-state index in [0.717, 1.165) is 31.1 Å². The molecule has 4 unspecified atom stereocenters. The molecule has 4 rings (SSSR count). The lowest BCUT2D eigenvalue weighted by atomic mass is 9.70. The van der Waals surface area contributed by atoms with Crippen LogP contribution in [0.15, 0.2) is 28.7 Å². The third-order valence-corrected chi connectivity index (χ3v) is 6.11. The smallest absolute Gasteiger partial charge is 0.287 e. The molecule has 6 heteroatoms. The molecule has 1 aromatic carbocycles. The monoisotopic (exact) mass is 370 g/mol. The summed E-state index contributed by atoms with van der Waals surface area (Å²) in [6, 6.07) is 7.52. The third kappa shape index (κ3) is 3.40. The van der Waals surface area contributed by atoms with Crippen molar-refractivity contribution < 1.29 is 18.7 Å². The molecular formula is C21H26N2O4. The van der Waals surface area contributed by atoms with Gasteiger partial charge in [-0.05, 0) is 43.2 Å². The van der Waals surface area contributed by atoms with Crippen molar-refractivity contribution in [2.45, 2.75) is 51.1 Å². The average molecular weight is 370 g/mol. The molecule has 0 bridgehead atoms. The number of hydrogen-bond acceptors (Lipinski definition) is 4. The Balaban J connectivity index is 1.45. The zero-order chi connectivity index (χ0) is 19.0. The van der Waals surface area contributed by atoms with Crippen LogP contribution in [0.5, 0.6) is 5.75 Å². The van der Waals surface area contributed by atoms with Crippen molar-refractivity contribution in [2.24, 2.45) is 11.8 Å². The Hall–Kier alpha value is -2.50. The minimum Gasteiger partial charge on any atom is -0.493 e. The minimum absolute atomic E-state index is 0.0461. The fraction of sp³-hybridized carbons (Fsp3) is 0.524. The summed E-state index contributed by atoms with van der Waals surface area (Å²) in [7, 11) is 1.58. The molecule has 2 aliphatic rings. The molecule has 1 aromatic heterocycles. The summed E-state index contributed by atoms with van der Waals surface area (Å²) < 4.78 is 11.0. The van der Waals surface area contributed by atoms with Crippen LogP contribution in [0.3, 0.4) is 0 Å². The van der Waals surface area contributed by atoms with Gasteiger partial charge in [-0.15, -0.1) is 0 Å². The fourth-order valence-corrected chi connectivity index (χ4v) is 4.72. The number of amides is 2. The highest BCUT2D eigenvalue weighted by atomic mass is 16.5. The first-order chi connectivity index (χ1) is 13.1. The Morgan fingerprint density at radius 2 is 2.22 bits per heavy atom. The van der Waals surface area contributed by atoms with Crippen LogP contribution < -0.4 is 15.4 Å². The van der Waals surface area contributed by atoms with Crippen molar-refractivity contribution in [1.82, 2.24) is 10.6 Å². The molecule has 6 nitrogen and oxygen atoms in total. The number of rotatable bonds is 4. The van der Waals surface area contributed by atoms with Crippen molar-refractivity contribution in [3.8, 4) is 5.75 Å². The second-order valence-electron chi connectivity index (χ2n) is 7.68. The number of methoxy groups -OCH3 is 1. The van der Waals surface area contributed by atoms with E-state index in [1.807, 2.05) is 18.2 Å². The number of carbonyl (C=O) groups excluding carboxylic acids is 2. The molecule has 0 spiro atoms. The lowest BCUT2D eigenvalue weighted by Gasteiger charge is -2.43. The van der Waals surface area contributed by atoms with Crippen LogP contribution in [-0.4, -0.2) is 31.0 Å². The van der Waals surface area contributed by atoms with Gasteiger partial charge in [-0.1, -0.05) is 25.5 Å². The molecule has 0 radical (unpaired) electrons. The number of carbonyl (C=O) groups is 2. The molecule has 2 amide bonds. The second-order valence-corrected chi connectivity index (χ2v) is 7.68. The van der Waals surface area contributed by atoms with Crippen LogP contribution in [0.4, 0.5) is 0 Å². The Bertz CT molecular complexity index is 859. The van der Waals surface area contributed by atoms with Gasteiger partial charge in [0.25, 0.3) is 5.91 Å². The van der Waals surface area contributed by atoms with E-state index in [-0.39, 0.29) is 29.7 Å². The minimum atomic E-state index is -0.217. The van der Waals surface area contributed by atoms with Crippen molar-refractivity contribution >= 4 is 22.8 Å². The van der Waals surface area contributed by atoms with Crippen LogP contribution in [-0.2, 0) is 4.79 Å². The Kier molecular flexibility index (Phi) is 4.81. The van der Waals surface area contributed by atoms with E-state index in [2.05, 4.69) is 17.6 Å². The van der Waals surface area contributed by atoms with Gasteiger partial charge in [-0.2, -0.15) is 0 Å². The molecule has 1 saturated heterocycles. The maximum absolute atomic E-state index is 12.7. The van der Waals surface area contributed by atoms with E-state index in [9.17, 15) is 9.59 Å². The Labute approximate surface area is 158 Å². The predicted molar refractivity (Wildman–Crippen MR) is 102 cm³/mol. The molecule has 2 N–H and O–H groups in total. The van der Waals surface area contributed by atoms with Gasteiger partial charge in [0.1, 0.15) is 0 Å². The summed E-state index contributed by atoms with van der Waals surface area (Å²) >= 11 is 0. The molecule has 2 fully saturated rings. The number of ether oxygens (including phenoxy) is 1. The normalized spacial score (nSPS) is 27.7. The molecule has 2 aromatic rings. The molecule has 144 valence electrons. The highest BCUT2D eigenvalue weighted by Gasteiger charge is 2.40. The largest absolute Gasteiger partial charge is 0.493 e. The van der Waals surface area contributed by atoms with Crippen LogP contribution in [0.1, 0.15) is 49.6 Å². The number of nitrogens with one attached hydrogen (secondary N) is 2. The van der Waals surface area contributed by atoms with E-state index in [1.165, 1.54) is 0 Å². The summed E-state index contributed by atoms with van der Waals surface area (Å²) in [4.78, 5) is 24.7. The van der Waals surface area contributed by atoms with E-state index >= 15 is 0 Å². The van der Waals surface area contributed by atoms with Gasteiger partial charge >= 0.3 is 0 Å². The second kappa shape index (κ2) is 7.25. The highest BCUT2D eigenvalue weighted by molar-refractivity contribution is 5.97. The van der Waals surface area contributed by atoms with Gasteiger partial charge in [0.2, 0.25) is 5.91 Å². The molecule has 4 atom stereocenters. The van der Waals surface area contributed by atoms with Crippen LogP contribution in [0.25, 0.3) is 11.0 Å². The molecular weight excluding hydrogens is 344 g/mol. The summed E-state index contributed by atoms with van der Waals surface area (Å²) in [5, 5.41) is 7.06. The third-order valence-electron chi connectivity index (χ3n) is 6.11. The molecule has 2 heterocycles. The van der Waals surface area contributed by atoms with Crippen molar-refractivity contribution in [1.29, 1.82) is 0 Å². The van der Waals surface area contributed by atoms with Gasteiger partial charge in [0, 0.05) is 23.9 Å². The van der Waals surface area contributed by atoms with Gasteiger partial charge in [-0.3, -0.25) is 9.59 Å². The first-order valence-corrected chi connectivity index (χ1v) is 9.75. The summed E-state index contributed by atoms with van der Waals surface area (Å²) in [6.45, 7) is 2.16. The zero-order valence-corrected chi connectivity index (χ0v) is 15.8. The lowest BCUT2D eigenvalue weighted by molar-refractivity contribution is -0.127. The molecule has 1 aliphatic carbocycles. The Morgan fingerprint density at radius 3 is 3.00 bits per heavy atom. The maximum Gasteiger partial charge on any atom is 0.287 e. The highest BCUT2D eigenvalue weighted by Crippen LogP contribution is 2.37. The van der Waals surface area contributed by atoms with E-state index < -0.39 is 0 Å². The number of para-hydroxylation sites is 1. The summed E-state index contributed by atoms with van der Waals surface area (Å²) in [5.41, 5.74) is 0.583. The lowest BCUT2D eigenvalue weighted by Crippen LogP contribution is -2.55. The standard InChI is InChI=1S/C21H26N2O4/c1-3-12-10-19(24)23-16-11-14(7-8-15(12)16)22-21(25)18-9-13-5-4-6-17(26-2)20(13)27-18/h4-6,9,12,14-16H,3,7-8,10-11H2,1-2H3,(H,22,25)(H,23,24). The van der Waals surface area contributed by atoms with E-state index in [1.54, 1.807) is 13.2 Å². The van der Waals surface area contributed by atoms with Gasteiger partial charge < -0.3 is 19.8 Å². The number of fused-ring (bicyclic) bond motifs is 2. The number of piperidine rings is 1. The summed E-state index contributed by atoms with van der Waals surface area (Å²) in [5.74, 6) is 1.81. The quantitative estimate of drug-likeness (QED) is 0.866. The van der Waals surface area contributed by atoms with Gasteiger partial charge in [0.05, 0.1) is 7.11 Å². The van der Waals surface area contributed by atoms with E-state index in [4.69, 9.17) is 9.15 Å². The summed E-state index contributed by atoms with van der Waals surface area (Å²) in [6.07, 6.45) is 4.41. The van der Waals surface area contributed by atoms with Crippen molar-refractivity contribution in [3.63, 3.8) is 0 Å². The van der Waals surface area contributed by atoms with Gasteiger partial charge in [-0.25, -0.2) is 0 Å². The number of furan rings is 1. The average Bonchev–Trinajstić information content (AvgIpc) is 3.11. The van der Waals surface area contributed by atoms with Crippen LogP contribution >= 0.6 is 0 Å². The van der Waals surface area contributed by atoms with Crippen molar-refractivity contribution in [2.75, 3.05) is 7.11 Å². The number of hydrogen-bond donors (Lipinski definition) is 2. The maximum atomic E-state index is 12.7. The van der Waals surface area contributed by atoms with Crippen molar-refractivity contribution in [3.05, 3.63) is 30.0 Å². The molecule has 1 saturated carbocycles. The molecule has 27 heavy (non-hydrogen) atoms. The van der Waals surface area contributed by atoms with Crippen LogP contribution in [0.2, 0.25) is 0 Å². The predicted octanol–water partition coefficient (Wildman–Crippen LogP) is 3.25. The zero-order valence-electron chi connectivity index (χ0n) is 15.8. The topological polar surface area (TPSA) is 80.6 Å². The van der Waals surface area contributed by atoms with Crippen LogP contribution in [0, 0.1) is 11.8 Å². The van der Waals surface area contributed by atoms with E-state index in [0.29, 0.717) is 29.6 Å².